The summed E-state index contributed by atoms with van der Waals surface area (Å²) in [5.74, 6) is 2.06. The molecule has 0 amide bonds. The quantitative estimate of drug-likeness (QED) is 0.478. The van der Waals surface area contributed by atoms with Crippen LogP contribution in [-0.4, -0.2) is 7.28 Å². The molecule has 1 aliphatic rings. The van der Waals surface area contributed by atoms with Crippen LogP contribution in [0.1, 0.15) is 5.56 Å². The number of benzene rings is 1. The summed E-state index contributed by atoms with van der Waals surface area (Å²) in [7, 11) is 2.12. The van der Waals surface area contributed by atoms with E-state index in [0.717, 1.165) is 0 Å². The molecule has 0 unspecified atom stereocenters. The molecule has 0 fully saturated rings. The summed E-state index contributed by atoms with van der Waals surface area (Å²) in [6, 6.07) is 8.36. The molecule has 1 heterocycles. The molecule has 51 valence electrons. The third-order valence-electron chi connectivity index (χ3n) is 1.77. The fourth-order valence-electron chi connectivity index (χ4n) is 1.20. The highest BCUT2D eigenvalue weighted by Gasteiger charge is 1.98. The van der Waals surface area contributed by atoms with Crippen LogP contribution >= 0.6 is 0 Å². The molecule has 0 spiro atoms. The largest absolute Gasteiger partial charge is 0.182 e. The first kappa shape index (κ1) is 6.47. The van der Waals surface area contributed by atoms with E-state index in [1.54, 1.807) is 0 Å². The van der Waals surface area contributed by atoms with Crippen LogP contribution in [0.2, 0.25) is 0 Å². The van der Waals surface area contributed by atoms with Gasteiger partial charge in [-0.2, -0.15) is 0 Å². The maximum absolute atomic E-state index is 2.12. The lowest BCUT2D eigenvalue weighted by Gasteiger charge is -1.98. The lowest BCUT2D eigenvalue weighted by molar-refractivity contribution is 1.72. The van der Waals surface area contributed by atoms with Crippen LogP contribution in [0, 0.1) is 0 Å². The lowest BCUT2D eigenvalue weighted by Crippen LogP contribution is -2.13. The Morgan fingerprint density at radius 1 is 1.00 bits per heavy atom. The molecular weight excluding hydrogens is 131 g/mol. The maximum atomic E-state index is 2.12. The van der Waals surface area contributed by atoms with Gasteiger partial charge in [0.2, 0.25) is 0 Å². The fourth-order valence-corrected chi connectivity index (χ4v) is 1.20. The van der Waals surface area contributed by atoms with Gasteiger partial charge in [-0.1, -0.05) is 48.0 Å². The second kappa shape index (κ2) is 2.79. The monoisotopic (exact) mass is 139 g/mol. The number of hydrogen-bond acceptors (Lipinski definition) is 0. The van der Waals surface area contributed by atoms with Gasteiger partial charge in [0.1, 0.15) is 0 Å². The summed E-state index contributed by atoms with van der Waals surface area (Å²) in [6.07, 6.45) is 6.22. The molecule has 0 saturated heterocycles. The van der Waals surface area contributed by atoms with Crippen molar-refractivity contribution in [3.05, 3.63) is 48.0 Å². The van der Waals surface area contributed by atoms with Crippen molar-refractivity contribution in [3.63, 3.8) is 0 Å². The van der Waals surface area contributed by atoms with Crippen LogP contribution in [0.4, 0.5) is 0 Å². The standard InChI is InChI=1S/C10H8B/c1-2-7-10-9(5-1)6-3-4-8-11-10/h1-8H. The van der Waals surface area contributed by atoms with Crippen LogP contribution in [0.3, 0.4) is 0 Å². The molecule has 1 aliphatic heterocycles. The zero-order chi connectivity index (χ0) is 7.52. The molecule has 11 heavy (non-hydrogen) atoms. The average molecular weight is 139 g/mol. The lowest BCUT2D eigenvalue weighted by atomic mass is 9.69. The Morgan fingerprint density at radius 3 is 2.91 bits per heavy atom. The Bertz CT molecular complexity index is 310. The van der Waals surface area contributed by atoms with Crippen LogP contribution in [0.5, 0.6) is 0 Å². The fraction of sp³-hybridized carbons (Fsp3) is 0. The van der Waals surface area contributed by atoms with Crippen molar-refractivity contribution in [2.45, 2.75) is 0 Å². The Balaban J connectivity index is 2.52. The highest BCUT2D eigenvalue weighted by Crippen LogP contribution is 2.01. The summed E-state index contributed by atoms with van der Waals surface area (Å²) in [6.45, 7) is 0. The molecule has 1 aromatic carbocycles. The highest BCUT2D eigenvalue weighted by molar-refractivity contribution is 6.59. The zero-order valence-corrected chi connectivity index (χ0v) is 6.20. The highest BCUT2D eigenvalue weighted by atomic mass is 13.9. The van der Waals surface area contributed by atoms with Gasteiger partial charge in [-0.15, -0.1) is 5.98 Å². The van der Waals surface area contributed by atoms with E-state index in [0.29, 0.717) is 0 Å². The zero-order valence-electron chi connectivity index (χ0n) is 6.20. The Labute approximate surface area is 67.5 Å². The summed E-state index contributed by atoms with van der Waals surface area (Å²) in [4.78, 5) is 0. The number of fused-ring (bicyclic) bond motifs is 1. The molecular formula is C10H8B. The number of allylic oxidation sites excluding steroid dienone is 2. The molecule has 1 radical (unpaired) electrons. The SMILES string of the molecule is [B]1C=CC=Cc2ccccc21. The van der Waals surface area contributed by atoms with Crippen LogP contribution < -0.4 is 5.46 Å². The topological polar surface area (TPSA) is 0 Å². The van der Waals surface area contributed by atoms with Crippen molar-refractivity contribution >= 4 is 18.8 Å². The number of rotatable bonds is 0. The minimum absolute atomic E-state index is 1.29. The van der Waals surface area contributed by atoms with Crippen LogP contribution in [0.25, 0.3) is 6.08 Å². The summed E-state index contributed by atoms with van der Waals surface area (Å²) in [5, 5.41) is 0. The van der Waals surface area contributed by atoms with Crippen molar-refractivity contribution in [1.29, 1.82) is 0 Å². The van der Waals surface area contributed by atoms with Gasteiger partial charge in [-0.25, -0.2) is 0 Å². The molecule has 1 heteroatoms. The minimum Gasteiger partial charge on any atom is -0.116 e. The molecule has 0 nitrogen and oxygen atoms in total. The van der Waals surface area contributed by atoms with E-state index in [-0.39, 0.29) is 0 Å². The van der Waals surface area contributed by atoms with Gasteiger partial charge in [0.05, 0.1) is 0 Å². The van der Waals surface area contributed by atoms with Gasteiger partial charge in [0.15, 0.2) is 7.28 Å². The van der Waals surface area contributed by atoms with Gasteiger partial charge in [0.25, 0.3) is 0 Å². The van der Waals surface area contributed by atoms with Crippen LogP contribution in [-0.2, 0) is 0 Å². The van der Waals surface area contributed by atoms with E-state index in [1.807, 2.05) is 6.08 Å². The van der Waals surface area contributed by atoms with Gasteiger partial charge < -0.3 is 0 Å². The second-order valence-electron chi connectivity index (χ2n) is 2.54. The van der Waals surface area contributed by atoms with E-state index < -0.39 is 0 Å². The minimum atomic E-state index is 1.29. The maximum Gasteiger partial charge on any atom is 0.182 e. The first-order valence-corrected chi connectivity index (χ1v) is 3.74. The van der Waals surface area contributed by atoms with Gasteiger partial charge in [0, 0.05) is 0 Å². The molecule has 0 atom stereocenters. The Kier molecular flexibility index (Phi) is 1.64. The van der Waals surface area contributed by atoms with E-state index in [4.69, 9.17) is 0 Å². The Morgan fingerprint density at radius 2 is 1.91 bits per heavy atom. The van der Waals surface area contributed by atoms with Gasteiger partial charge in [-0.3, -0.25) is 0 Å². The summed E-state index contributed by atoms with van der Waals surface area (Å²) < 4.78 is 0. The van der Waals surface area contributed by atoms with E-state index in [1.165, 1.54) is 11.0 Å². The van der Waals surface area contributed by atoms with Crippen LogP contribution in [0.15, 0.2) is 42.4 Å². The molecule has 1 aromatic rings. The summed E-state index contributed by atoms with van der Waals surface area (Å²) >= 11 is 0. The third-order valence-corrected chi connectivity index (χ3v) is 1.77. The van der Waals surface area contributed by atoms with Crippen molar-refractivity contribution in [2.24, 2.45) is 0 Å². The molecule has 0 bridgehead atoms. The first-order chi connectivity index (χ1) is 5.47. The molecule has 0 aliphatic carbocycles. The molecule has 0 N–H and O–H groups in total. The first-order valence-electron chi connectivity index (χ1n) is 3.74. The predicted molar refractivity (Wildman–Crippen MR) is 50.0 cm³/mol. The van der Waals surface area contributed by atoms with E-state index in [2.05, 4.69) is 49.7 Å². The number of hydrogen-bond donors (Lipinski definition) is 0. The second-order valence-corrected chi connectivity index (χ2v) is 2.54. The summed E-state index contributed by atoms with van der Waals surface area (Å²) in [5.41, 5.74) is 2.58. The van der Waals surface area contributed by atoms with Crippen molar-refractivity contribution in [3.8, 4) is 0 Å². The molecule has 0 saturated carbocycles. The van der Waals surface area contributed by atoms with Crippen molar-refractivity contribution < 1.29 is 0 Å². The molecule has 2 rings (SSSR count). The Hall–Kier alpha value is -1.24. The average Bonchev–Trinajstić information content (AvgIpc) is 2.28. The third kappa shape index (κ3) is 1.27. The normalized spacial score (nSPS) is 13.5. The van der Waals surface area contributed by atoms with Crippen molar-refractivity contribution in [2.75, 3.05) is 0 Å². The van der Waals surface area contributed by atoms with E-state index >= 15 is 0 Å². The van der Waals surface area contributed by atoms with Gasteiger partial charge in [-0.05, 0) is 5.56 Å². The van der Waals surface area contributed by atoms with E-state index in [9.17, 15) is 0 Å². The molecule has 0 aromatic heterocycles. The van der Waals surface area contributed by atoms with Gasteiger partial charge >= 0.3 is 0 Å². The van der Waals surface area contributed by atoms with Crippen molar-refractivity contribution in [1.82, 2.24) is 0 Å². The smallest absolute Gasteiger partial charge is 0.116 e. The predicted octanol–water partition coefficient (Wildman–Crippen LogP) is 1.56.